The summed E-state index contributed by atoms with van der Waals surface area (Å²) < 4.78 is 30.8. The lowest BCUT2D eigenvalue weighted by atomic mass is 10.4. The highest BCUT2D eigenvalue weighted by Crippen LogP contribution is 2.05. The molecule has 0 aliphatic heterocycles. The summed E-state index contributed by atoms with van der Waals surface area (Å²) in [7, 11) is 0.808. The summed E-state index contributed by atoms with van der Waals surface area (Å²) in [6, 6.07) is 0. The van der Waals surface area contributed by atoms with E-state index in [2.05, 4.69) is 0 Å². The minimum absolute atomic E-state index is 0.0354. The minimum Gasteiger partial charge on any atom is -0.481 e. The molecule has 0 aliphatic carbocycles. The molecule has 0 fully saturated rings. The molecule has 0 rings (SSSR count). The van der Waals surface area contributed by atoms with E-state index < -0.39 is 16.2 Å². The zero-order valence-corrected chi connectivity index (χ0v) is 11.2. The summed E-state index contributed by atoms with van der Waals surface area (Å²) in [5.74, 6) is -1.02. The molecule has 7 nitrogen and oxygen atoms in total. The molecule has 0 bridgehead atoms. The Morgan fingerprint density at radius 1 is 1.24 bits per heavy atom. The van der Waals surface area contributed by atoms with E-state index in [1.54, 1.807) is 7.11 Å². The second-order valence-electron chi connectivity index (χ2n) is 3.64. The third kappa shape index (κ3) is 5.97. The van der Waals surface area contributed by atoms with E-state index in [1.165, 1.54) is 18.4 Å². The summed E-state index contributed by atoms with van der Waals surface area (Å²) in [5.41, 5.74) is 0. The molecular formula is C9H20N2O5S. The predicted molar refractivity (Wildman–Crippen MR) is 62.9 cm³/mol. The van der Waals surface area contributed by atoms with Crippen molar-refractivity contribution in [2.24, 2.45) is 0 Å². The number of carboxylic acids is 1. The first-order chi connectivity index (χ1) is 7.82. The average Bonchev–Trinajstić information content (AvgIpc) is 2.25. The van der Waals surface area contributed by atoms with Gasteiger partial charge in [-0.3, -0.25) is 4.79 Å². The fourth-order valence-corrected chi connectivity index (χ4v) is 2.31. The van der Waals surface area contributed by atoms with Gasteiger partial charge < -0.3 is 9.84 Å². The molecule has 102 valence electrons. The van der Waals surface area contributed by atoms with Crippen molar-refractivity contribution in [1.82, 2.24) is 8.61 Å². The summed E-state index contributed by atoms with van der Waals surface area (Å²) in [5, 5.41) is 8.49. The number of carbonyl (C=O) groups is 1. The first-order valence-corrected chi connectivity index (χ1v) is 6.60. The van der Waals surface area contributed by atoms with Crippen LogP contribution >= 0.6 is 0 Å². The minimum atomic E-state index is -3.57. The van der Waals surface area contributed by atoms with Crippen molar-refractivity contribution in [3.8, 4) is 0 Å². The van der Waals surface area contributed by atoms with Gasteiger partial charge in [-0.1, -0.05) is 0 Å². The van der Waals surface area contributed by atoms with E-state index in [1.807, 2.05) is 0 Å². The molecule has 0 unspecified atom stereocenters. The van der Waals surface area contributed by atoms with Crippen LogP contribution in [0.5, 0.6) is 0 Å². The molecule has 0 aromatic rings. The van der Waals surface area contributed by atoms with Crippen LogP contribution in [-0.2, 0) is 19.7 Å². The Labute approximate surface area is 102 Å². The number of hydrogen-bond donors (Lipinski definition) is 1. The molecule has 0 aromatic carbocycles. The van der Waals surface area contributed by atoms with Crippen LogP contribution in [0.15, 0.2) is 0 Å². The van der Waals surface area contributed by atoms with Gasteiger partial charge in [-0.25, -0.2) is 0 Å². The number of carboxylic acid groups (broad SMARTS) is 1. The third-order valence-corrected chi connectivity index (χ3v) is 4.19. The monoisotopic (exact) mass is 268 g/mol. The maximum atomic E-state index is 11.9. The van der Waals surface area contributed by atoms with Gasteiger partial charge in [0.1, 0.15) is 0 Å². The molecule has 0 saturated heterocycles. The van der Waals surface area contributed by atoms with Crippen molar-refractivity contribution < 1.29 is 23.1 Å². The van der Waals surface area contributed by atoms with E-state index in [9.17, 15) is 13.2 Å². The number of methoxy groups -OCH3 is 1. The zero-order chi connectivity index (χ0) is 13.5. The first-order valence-electron chi connectivity index (χ1n) is 5.20. The van der Waals surface area contributed by atoms with Crippen molar-refractivity contribution in [3.05, 3.63) is 0 Å². The van der Waals surface area contributed by atoms with Gasteiger partial charge >= 0.3 is 5.97 Å². The van der Waals surface area contributed by atoms with Gasteiger partial charge in [0.05, 0.1) is 6.42 Å². The van der Waals surface area contributed by atoms with Crippen LogP contribution in [0.4, 0.5) is 0 Å². The number of aliphatic carboxylic acids is 1. The van der Waals surface area contributed by atoms with Crippen LogP contribution in [0.25, 0.3) is 0 Å². The maximum absolute atomic E-state index is 11.9. The van der Waals surface area contributed by atoms with E-state index in [-0.39, 0.29) is 13.0 Å². The largest absolute Gasteiger partial charge is 0.481 e. The van der Waals surface area contributed by atoms with Crippen LogP contribution in [0, 0.1) is 0 Å². The van der Waals surface area contributed by atoms with E-state index in [4.69, 9.17) is 9.84 Å². The Balaban J connectivity index is 4.28. The number of hydrogen-bond acceptors (Lipinski definition) is 4. The van der Waals surface area contributed by atoms with Crippen LogP contribution in [0.1, 0.15) is 12.8 Å². The molecule has 0 atom stereocenters. The van der Waals surface area contributed by atoms with Gasteiger partial charge in [0.2, 0.25) is 0 Å². The zero-order valence-electron chi connectivity index (χ0n) is 10.4. The summed E-state index contributed by atoms with van der Waals surface area (Å²) >= 11 is 0. The van der Waals surface area contributed by atoms with Crippen molar-refractivity contribution in [2.45, 2.75) is 12.8 Å². The summed E-state index contributed by atoms with van der Waals surface area (Å²) in [6.07, 6.45) is 0.390. The van der Waals surface area contributed by atoms with E-state index in [0.717, 1.165) is 4.31 Å². The SMILES string of the molecule is COCCCN(C)S(=O)(=O)N(C)CCC(=O)O. The second kappa shape index (κ2) is 7.59. The highest BCUT2D eigenvalue weighted by Gasteiger charge is 2.23. The van der Waals surface area contributed by atoms with Crippen molar-refractivity contribution in [3.63, 3.8) is 0 Å². The molecule has 0 radical (unpaired) electrons. The number of rotatable bonds is 9. The summed E-state index contributed by atoms with van der Waals surface area (Å²) in [6.45, 7) is 0.790. The summed E-state index contributed by atoms with van der Waals surface area (Å²) in [4.78, 5) is 10.4. The van der Waals surface area contributed by atoms with Gasteiger partial charge in [-0.05, 0) is 6.42 Å². The highest BCUT2D eigenvalue weighted by atomic mass is 32.2. The van der Waals surface area contributed by atoms with Crippen LogP contribution in [0.2, 0.25) is 0 Å². The Morgan fingerprint density at radius 2 is 1.76 bits per heavy atom. The number of ether oxygens (including phenoxy) is 1. The lowest BCUT2D eigenvalue weighted by Crippen LogP contribution is -2.41. The molecule has 0 aromatic heterocycles. The van der Waals surface area contributed by atoms with Crippen LogP contribution < -0.4 is 0 Å². The Hall–Kier alpha value is -0.700. The molecule has 0 spiro atoms. The third-order valence-electron chi connectivity index (χ3n) is 2.25. The smallest absolute Gasteiger partial charge is 0.304 e. The fourth-order valence-electron chi connectivity index (χ4n) is 1.15. The topological polar surface area (TPSA) is 87.2 Å². The molecule has 0 saturated carbocycles. The molecule has 0 aliphatic rings. The quantitative estimate of drug-likeness (QED) is 0.575. The normalized spacial score (nSPS) is 12.3. The predicted octanol–water partition coefficient (Wildman–Crippen LogP) is -0.394. The lowest BCUT2D eigenvalue weighted by molar-refractivity contribution is -0.137. The van der Waals surface area contributed by atoms with Crippen LogP contribution in [0.3, 0.4) is 0 Å². The van der Waals surface area contributed by atoms with Gasteiger partial charge in [0.25, 0.3) is 10.2 Å². The van der Waals surface area contributed by atoms with Gasteiger partial charge in [-0.2, -0.15) is 17.0 Å². The molecule has 0 heterocycles. The second-order valence-corrected chi connectivity index (χ2v) is 5.78. The maximum Gasteiger partial charge on any atom is 0.304 e. The number of nitrogens with zero attached hydrogens (tertiary/aromatic N) is 2. The van der Waals surface area contributed by atoms with Gasteiger partial charge in [0, 0.05) is 40.9 Å². The van der Waals surface area contributed by atoms with Gasteiger partial charge in [-0.15, -0.1) is 0 Å². The van der Waals surface area contributed by atoms with Crippen molar-refractivity contribution in [1.29, 1.82) is 0 Å². The molecule has 17 heavy (non-hydrogen) atoms. The lowest BCUT2D eigenvalue weighted by Gasteiger charge is -2.23. The van der Waals surface area contributed by atoms with Crippen LogP contribution in [-0.4, -0.2) is 69.0 Å². The highest BCUT2D eigenvalue weighted by molar-refractivity contribution is 7.86. The first kappa shape index (κ1) is 16.3. The van der Waals surface area contributed by atoms with E-state index >= 15 is 0 Å². The fraction of sp³-hybridized carbons (Fsp3) is 0.889. The Morgan fingerprint density at radius 3 is 2.24 bits per heavy atom. The molecule has 0 amide bonds. The molecular weight excluding hydrogens is 248 g/mol. The Bertz CT molecular complexity index is 330. The molecule has 8 heteroatoms. The van der Waals surface area contributed by atoms with Crippen molar-refractivity contribution in [2.75, 3.05) is 40.9 Å². The molecule has 1 N–H and O–H groups in total. The average molecular weight is 268 g/mol. The Kier molecular flexibility index (Phi) is 7.28. The van der Waals surface area contributed by atoms with E-state index in [0.29, 0.717) is 19.6 Å². The van der Waals surface area contributed by atoms with Crippen molar-refractivity contribution >= 4 is 16.2 Å². The standard InChI is InChI=1S/C9H20N2O5S/c1-10(6-4-8-16-3)17(14,15)11(2)7-5-9(12)13/h4-8H2,1-3H3,(H,12,13). The van der Waals surface area contributed by atoms with Gasteiger partial charge in [0.15, 0.2) is 0 Å².